The first-order chi connectivity index (χ1) is 11.7. The number of ether oxygens (including phenoxy) is 1. The van der Waals surface area contributed by atoms with Gasteiger partial charge < -0.3 is 18.9 Å². The van der Waals surface area contributed by atoms with Crippen molar-refractivity contribution in [1.82, 2.24) is 4.98 Å². The lowest BCUT2D eigenvalue weighted by Gasteiger charge is -2.06. The van der Waals surface area contributed by atoms with Gasteiger partial charge in [0, 0.05) is 5.69 Å². The highest BCUT2D eigenvalue weighted by molar-refractivity contribution is 6.06. The normalized spacial score (nSPS) is 10.4. The van der Waals surface area contributed by atoms with E-state index in [1.165, 1.54) is 18.7 Å². The van der Waals surface area contributed by atoms with E-state index in [0.29, 0.717) is 17.0 Å². The Hall–Kier alpha value is -3.35. The van der Waals surface area contributed by atoms with Crippen molar-refractivity contribution in [2.24, 2.45) is 0 Å². The van der Waals surface area contributed by atoms with Crippen molar-refractivity contribution < 1.29 is 23.2 Å². The highest BCUT2D eigenvalue weighted by atomic mass is 16.5. The molecule has 3 rings (SSSR count). The van der Waals surface area contributed by atoms with E-state index in [9.17, 15) is 9.59 Å². The summed E-state index contributed by atoms with van der Waals surface area (Å²) < 4.78 is 15.4. The van der Waals surface area contributed by atoms with Crippen LogP contribution in [-0.4, -0.2) is 23.5 Å². The van der Waals surface area contributed by atoms with Crippen LogP contribution in [-0.2, 0) is 4.74 Å². The number of hydrogen-bond acceptors (Lipinski definition) is 6. The zero-order valence-corrected chi connectivity index (χ0v) is 12.8. The first kappa shape index (κ1) is 15.5. The van der Waals surface area contributed by atoms with Crippen LogP contribution in [0.25, 0.3) is 11.5 Å². The summed E-state index contributed by atoms with van der Waals surface area (Å²) in [7, 11) is 0. The van der Waals surface area contributed by atoms with Gasteiger partial charge in [-0.3, -0.25) is 4.79 Å². The predicted octanol–water partition coefficient (Wildman–Crippen LogP) is 3.36. The molecule has 0 saturated carbocycles. The first-order valence-corrected chi connectivity index (χ1v) is 7.25. The topological polar surface area (TPSA) is 94.6 Å². The number of rotatable bonds is 5. The zero-order valence-electron chi connectivity index (χ0n) is 12.8. The average Bonchev–Trinajstić information content (AvgIpc) is 3.26. The molecule has 0 aliphatic rings. The molecule has 0 spiro atoms. The number of aromatic nitrogens is 1. The molecule has 1 aromatic carbocycles. The summed E-state index contributed by atoms with van der Waals surface area (Å²) in [6, 6.07) is 9.80. The molecule has 1 N–H and O–H groups in total. The van der Waals surface area contributed by atoms with Crippen LogP contribution in [0.3, 0.4) is 0 Å². The van der Waals surface area contributed by atoms with Gasteiger partial charge in [0.05, 0.1) is 18.4 Å². The van der Waals surface area contributed by atoms with Crippen LogP contribution in [0.15, 0.2) is 57.9 Å². The summed E-state index contributed by atoms with van der Waals surface area (Å²) in [6.45, 7) is 2.01. The van der Waals surface area contributed by atoms with Gasteiger partial charge >= 0.3 is 5.97 Å². The summed E-state index contributed by atoms with van der Waals surface area (Å²) in [5.41, 5.74) is 0.881. The summed E-state index contributed by atoms with van der Waals surface area (Å²) in [4.78, 5) is 28.1. The molecule has 2 aromatic heterocycles. The molecule has 0 bridgehead atoms. The van der Waals surface area contributed by atoms with Gasteiger partial charge in [0.25, 0.3) is 5.91 Å². The predicted molar refractivity (Wildman–Crippen MR) is 84.6 cm³/mol. The van der Waals surface area contributed by atoms with Crippen LogP contribution >= 0.6 is 0 Å². The molecule has 7 heteroatoms. The third-order valence-corrected chi connectivity index (χ3v) is 3.16. The molecule has 7 nitrogen and oxygen atoms in total. The summed E-state index contributed by atoms with van der Waals surface area (Å²) >= 11 is 0. The standard InChI is InChI=1S/C17H14N2O5/c1-2-22-17(21)11-5-3-6-12(9-11)19-16(20)14-15(24-10-18-14)13-7-4-8-23-13/h3-10H,2H2,1H3,(H,19,20). The van der Waals surface area contributed by atoms with Crippen molar-refractivity contribution >= 4 is 17.6 Å². The maximum Gasteiger partial charge on any atom is 0.338 e. The fourth-order valence-corrected chi connectivity index (χ4v) is 2.12. The summed E-state index contributed by atoms with van der Waals surface area (Å²) in [5.74, 6) is -0.292. The van der Waals surface area contributed by atoms with Gasteiger partial charge in [-0.25, -0.2) is 9.78 Å². The average molecular weight is 326 g/mol. The van der Waals surface area contributed by atoms with Crippen LogP contribution in [0.2, 0.25) is 0 Å². The van der Waals surface area contributed by atoms with Crippen molar-refractivity contribution in [1.29, 1.82) is 0 Å². The SMILES string of the molecule is CCOC(=O)c1cccc(NC(=O)c2ncoc2-c2ccco2)c1. The number of hydrogen-bond donors (Lipinski definition) is 1. The van der Waals surface area contributed by atoms with E-state index < -0.39 is 11.9 Å². The lowest BCUT2D eigenvalue weighted by atomic mass is 10.2. The van der Waals surface area contributed by atoms with Crippen molar-refractivity contribution in [2.45, 2.75) is 6.92 Å². The Kier molecular flexibility index (Phi) is 4.42. The van der Waals surface area contributed by atoms with Crippen molar-refractivity contribution in [3.63, 3.8) is 0 Å². The molecule has 2 heterocycles. The van der Waals surface area contributed by atoms with Gasteiger partial charge in [0.2, 0.25) is 5.76 Å². The number of carbonyl (C=O) groups is 2. The zero-order chi connectivity index (χ0) is 16.9. The van der Waals surface area contributed by atoms with Gasteiger partial charge in [-0.15, -0.1) is 0 Å². The van der Waals surface area contributed by atoms with E-state index in [-0.39, 0.29) is 18.1 Å². The lowest BCUT2D eigenvalue weighted by molar-refractivity contribution is 0.0526. The van der Waals surface area contributed by atoms with E-state index in [1.807, 2.05) is 0 Å². The van der Waals surface area contributed by atoms with E-state index in [0.717, 1.165) is 0 Å². The minimum absolute atomic E-state index is 0.0893. The summed E-state index contributed by atoms with van der Waals surface area (Å²) in [5, 5.41) is 2.67. The molecule has 122 valence electrons. The van der Waals surface area contributed by atoms with Gasteiger partial charge in [-0.1, -0.05) is 6.07 Å². The second-order valence-corrected chi connectivity index (χ2v) is 4.76. The molecule has 0 aliphatic heterocycles. The number of carbonyl (C=O) groups excluding carboxylic acids is 2. The maximum atomic E-state index is 12.4. The second kappa shape index (κ2) is 6.82. The fraction of sp³-hybridized carbons (Fsp3) is 0.118. The summed E-state index contributed by atoms with van der Waals surface area (Å²) in [6.07, 6.45) is 2.64. The van der Waals surface area contributed by atoms with E-state index in [2.05, 4.69) is 10.3 Å². The Morgan fingerprint density at radius 1 is 1.21 bits per heavy atom. The van der Waals surface area contributed by atoms with Crippen molar-refractivity contribution in [3.05, 3.63) is 60.3 Å². The number of benzene rings is 1. The molecule has 0 radical (unpaired) electrons. The Morgan fingerprint density at radius 2 is 2.08 bits per heavy atom. The molecule has 0 aliphatic carbocycles. The lowest BCUT2D eigenvalue weighted by Crippen LogP contribution is -2.14. The van der Waals surface area contributed by atoms with Crippen molar-refractivity contribution in [3.8, 4) is 11.5 Å². The van der Waals surface area contributed by atoms with Crippen LogP contribution in [0.5, 0.6) is 0 Å². The highest BCUT2D eigenvalue weighted by Crippen LogP contribution is 2.24. The number of amides is 1. The maximum absolute atomic E-state index is 12.4. The van der Waals surface area contributed by atoms with E-state index >= 15 is 0 Å². The first-order valence-electron chi connectivity index (χ1n) is 7.25. The molecule has 0 saturated heterocycles. The molecular formula is C17H14N2O5. The van der Waals surface area contributed by atoms with Crippen LogP contribution < -0.4 is 5.32 Å². The number of esters is 1. The van der Waals surface area contributed by atoms with Gasteiger partial charge in [-0.05, 0) is 37.3 Å². The molecular weight excluding hydrogens is 312 g/mol. The Morgan fingerprint density at radius 3 is 2.83 bits per heavy atom. The molecule has 0 atom stereocenters. The number of furan rings is 1. The number of anilines is 1. The van der Waals surface area contributed by atoms with Crippen LogP contribution in [0.1, 0.15) is 27.8 Å². The molecule has 0 unspecified atom stereocenters. The Labute approximate surface area is 137 Å². The van der Waals surface area contributed by atoms with Crippen LogP contribution in [0.4, 0.5) is 5.69 Å². The fourth-order valence-electron chi connectivity index (χ4n) is 2.12. The van der Waals surface area contributed by atoms with E-state index in [4.69, 9.17) is 13.6 Å². The minimum atomic E-state index is -0.476. The molecule has 0 fully saturated rings. The Bertz CT molecular complexity index is 852. The quantitative estimate of drug-likeness (QED) is 0.722. The Balaban J connectivity index is 1.80. The number of nitrogens with one attached hydrogen (secondary N) is 1. The van der Waals surface area contributed by atoms with E-state index in [1.54, 1.807) is 37.3 Å². The third-order valence-electron chi connectivity index (χ3n) is 3.16. The monoisotopic (exact) mass is 326 g/mol. The third kappa shape index (κ3) is 3.19. The largest absolute Gasteiger partial charge is 0.462 e. The molecule has 24 heavy (non-hydrogen) atoms. The highest BCUT2D eigenvalue weighted by Gasteiger charge is 2.20. The second-order valence-electron chi connectivity index (χ2n) is 4.76. The smallest absolute Gasteiger partial charge is 0.338 e. The van der Waals surface area contributed by atoms with Gasteiger partial charge in [-0.2, -0.15) is 0 Å². The minimum Gasteiger partial charge on any atom is -0.462 e. The molecule has 3 aromatic rings. The number of oxazole rings is 1. The van der Waals surface area contributed by atoms with Crippen molar-refractivity contribution in [2.75, 3.05) is 11.9 Å². The number of nitrogens with zero attached hydrogens (tertiary/aromatic N) is 1. The van der Waals surface area contributed by atoms with Gasteiger partial charge in [0.1, 0.15) is 0 Å². The molecule has 1 amide bonds. The van der Waals surface area contributed by atoms with Gasteiger partial charge in [0.15, 0.2) is 17.8 Å². The van der Waals surface area contributed by atoms with Crippen LogP contribution in [0, 0.1) is 0 Å².